The van der Waals surface area contributed by atoms with Crippen LogP contribution in [0.15, 0.2) is 29.7 Å². The summed E-state index contributed by atoms with van der Waals surface area (Å²) in [6.07, 6.45) is 2.20. The molecule has 2 heterocycles. The molecule has 26 heavy (non-hydrogen) atoms. The molecule has 0 atom stereocenters. The molecule has 0 spiro atoms. The highest BCUT2D eigenvalue weighted by atomic mass is 16.7. The molecule has 2 N–H and O–H groups in total. The standard InChI is InChI=1S/C20H32BN3O2/c1-19(2)20(3,4)26-21(25-19)17(15-22-5)13-16-7-6-8-18(14-16)24-11-9-23-10-12-24/h6-8,13-14,22-23H,9-12,15H2,1-5H3. The van der Waals surface area contributed by atoms with Crippen LogP contribution >= 0.6 is 0 Å². The van der Waals surface area contributed by atoms with Gasteiger partial charge in [0.1, 0.15) is 0 Å². The Balaban J connectivity index is 1.83. The topological polar surface area (TPSA) is 45.8 Å². The van der Waals surface area contributed by atoms with E-state index < -0.39 is 0 Å². The fourth-order valence-electron chi connectivity index (χ4n) is 3.35. The Labute approximate surface area is 158 Å². The van der Waals surface area contributed by atoms with Gasteiger partial charge in [-0.3, -0.25) is 0 Å². The number of anilines is 1. The van der Waals surface area contributed by atoms with Crippen LogP contribution in [0.1, 0.15) is 33.3 Å². The van der Waals surface area contributed by atoms with Gasteiger partial charge in [-0.2, -0.15) is 0 Å². The summed E-state index contributed by atoms with van der Waals surface area (Å²) in [5.74, 6) is 0. The maximum absolute atomic E-state index is 6.25. The number of benzene rings is 1. The minimum absolute atomic E-state index is 0.324. The molecule has 2 fully saturated rings. The van der Waals surface area contributed by atoms with E-state index in [1.807, 2.05) is 7.05 Å². The van der Waals surface area contributed by atoms with E-state index >= 15 is 0 Å². The molecular weight excluding hydrogens is 325 g/mol. The van der Waals surface area contributed by atoms with Gasteiger partial charge in [0.2, 0.25) is 0 Å². The molecule has 6 heteroatoms. The van der Waals surface area contributed by atoms with Crippen LogP contribution in [0.3, 0.4) is 0 Å². The highest BCUT2D eigenvalue weighted by molar-refractivity contribution is 6.55. The molecular formula is C20H32BN3O2. The molecule has 1 aromatic carbocycles. The van der Waals surface area contributed by atoms with E-state index in [-0.39, 0.29) is 18.3 Å². The van der Waals surface area contributed by atoms with Gasteiger partial charge in [-0.15, -0.1) is 0 Å². The van der Waals surface area contributed by atoms with Gasteiger partial charge in [-0.1, -0.05) is 18.2 Å². The first-order chi connectivity index (χ1) is 12.3. The first-order valence-electron chi connectivity index (χ1n) is 9.59. The number of nitrogens with one attached hydrogen (secondary N) is 2. The molecule has 0 aliphatic carbocycles. The second kappa shape index (κ2) is 7.73. The van der Waals surface area contributed by atoms with Crippen LogP contribution in [0.5, 0.6) is 0 Å². The van der Waals surface area contributed by atoms with Gasteiger partial charge in [-0.25, -0.2) is 0 Å². The van der Waals surface area contributed by atoms with Crippen molar-refractivity contribution in [3.8, 4) is 0 Å². The van der Waals surface area contributed by atoms with E-state index in [0.29, 0.717) is 0 Å². The Morgan fingerprint density at radius 1 is 1.19 bits per heavy atom. The summed E-state index contributed by atoms with van der Waals surface area (Å²) in [6.45, 7) is 13.3. The predicted octanol–water partition coefficient (Wildman–Crippen LogP) is 2.33. The van der Waals surface area contributed by atoms with Crippen molar-refractivity contribution in [2.45, 2.75) is 38.9 Å². The van der Waals surface area contributed by atoms with Crippen LogP contribution in [0.25, 0.3) is 6.08 Å². The number of rotatable bonds is 5. The quantitative estimate of drug-likeness (QED) is 0.792. The first kappa shape index (κ1) is 19.4. The van der Waals surface area contributed by atoms with Crippen LogP contribution in [-0.4, -0.2) is 58.1 Å². The van der Waals surface area contributed by atoms with Crippen molar-refractivity contribution in [3.05, 3.63) is 35.3 Å². The first-order valence-corrected chi connectivity index (χ1v) is 9.59. The van der Waals surface area contributed by atoms with Crippen molar-refractivity contribution in [1.29, 1.82) is 0 Å². The number of hydrogen-bond donors (Lipinski definition) is 2. The van der Waals surface area contributed by atoms with Gasteiger partial charge < -0.3 is 24.8 Å². The Bertz CT molecular complexity index is 638. The van der Waals surface area contributed by atoms with Crippen LogP contribution in [-0.2, 0) is 9.31 Å². The molecule has 3 rings (SSSR count). The third-order valence-electron chi connectivity index (χ3n) is 5.64. The number of hydrogen-bond acceptors (Lipinski definition) is 5. The molecule has 2 aliphatic heterocycles. The third kappa shape index (κ3) is 4.14. The summed E-state index contributed by atoms with van der Waals surface area (Å²) in [4.78, 5) is 2.43. The molecule has 0 bridgehead atoms. The van der Waals surface area contributed by atoms with E-state index in [0.717, 1.165) is 38.2 Å². The van der Waals surface area contributed by atoms with Gasteiger partial charge in [0.25, 0.3) is 0 Å². The lowest BCUT2D eigenvalue weighted by molar-refractivity contribution is 0.00578. The fraction of sp³-hybridized carbons (Fsp3) is 0.600. The minimum Gasteiger partial charge on any atom is -0.400 e. The molecule has 5 nitrogen and oxygen atoms in total. The zero-order chi connectivity index (χ0) is 18.8. The normalized spacial score (nSPS) is 22.7. The molecule has 0 amide bonds. The van der Waals surface area contributed by atoms with Crippen LogP contribution in [0.4, 0.5) is 5.69 Å². The average molecular weight is 357 g/mol. The summed E-state index contributed by atoms with van der Waals surface area (Å²) in [6, 6.07) is 8.72. The van der Waals surface area contributed by atoms with E-state index in [1.165, 1.54) is 11.3 Å². The summed E-state index contributed by atoms with van der Waals surface area (Å²) in [7, 11) is 1.63. The number of likely N-dealkylation sites (N-methyl/N-ethyl adjacent to an activating group) is 1. The van der Waals surface area contributed by atoms with Gasteiger partial charge >= 0.3 is 7.12 Å². The third-order valence-corrected chi connectivity index (χ3v) is 5.64. The molecule has 142 valence electrons. The van der Waals surface area contributed by atoms with Crippen molar-refractivity contribution >= 4 is 18.9 Å². The van der Waals surface area contributed by atoms with E-state index in [2.05, 4.69) is 73.6 Å². The van der Waals surface area contributed by atoms with E-state index in [9.17, 15) is 0 Å². The predicted molar refractivity (Wildman–Crippen MR) is 110 cm³/mol. The monoisotopic (exact) mass is 357 g/mol. The highest BCUT2D eigenvalue weighted by Gasteiger charge is 2.52. The summed E-state index contributed by atoms with van der Waals surface area (Å²) in [5, 5.41) is 6.66. The van der Waals surface area contributed by atoms with Crippen molar-refractivity contribution < 1.29 is 9.31 Å². The summed E-state index contributed by atoms with van der Waals surface area (Å²) < 4.78 is 12.5. The Morgan fingerprint density at radius 2 is 1.85 bits per heavy atom. The average Bonchev–Trinajstić information content (AvgIpc) is 2.83. The molecule has 2 aliphatic rings. The van der Waals surface area contributed by atoms with Crippen molar-refractivity contribution in [1.82, 2.24) is 10.6 Å². The Kier molecular flexibility index (Phi) is 5.77. The Morgan fingerprint density at radius 3 is 2.46 bits per heavy atom. The van der Waals surface area contributed by atoms with Crippen LogP contribution in [0.2, 0.25) is 0 Å². The van der Waals surface area contributed by atoms with Crippen LogP contribution in [0, 0.1) is 0 Å². The minimum atomic E-state index is -0.326. The molecule has 0 radical (unpaired) electrons. The molecule has 0 saturated carbocycles. The summed E-state index contributed by atoms with van der Waals surface area (Å²) >= 11 is 0. The lowest BCUT2D eigenvalue weighted by Gasteiger charge is -2.32. The lowest BCUT2D eigenvalue weighted by Crippen LogP contribution is -2.43. The maximum atomic E-state index is 6.25. The molecule has 0 unspecified atom stereocenters. The smallest absolute Gasteiger partial charge is 0.400 e. The zero-order valence-electron chi connectivity index (χ0n) is 16.8. The van der Waals surface area contributed by atoms with Gasteiger partial charge in [0.15, 0.2) is 0 Å². The lowest BCUT2D eigenvalue weighted by atomic mass is 9.77. The van der Waals surface area contributed by atoms with Crippen molar-refractivity contribution in [2.24, 2.45) is 0 Å². The summed E-state index contributed by atoms with van der Waals surface area (Å²) in [5.41, 5.74) is 2.92. The molecule has 0 aromatic heterocycles. The fourth-order valence-corrected chi connectivity index (χ4v) is 3.35. The second-order valence-corrected chi connectivity index (χ2v) is 8.17. The highest BCUT2D eigenvalue weighted by Crippen LogP contribution is 2.38. The van der Waals surface area contributed by atoms with E-state index in [1.54, 1.807) is 0 Å². The van der Waals surface area contributed by atoms with Crippen LogP contribution < -0.4 is 15.5 Å². The largest absolute Gasteiger partial charge is 0.491 e. The van der Waals surface area contributed by atoms with E-state index in [4.69, 9.17) is 9.31 Å². The van der Waals surface area contributed by atoms with Gasteiger partial charge in [-0.05, 0) is 57.9 Å². The maximum Gasteiger partial charge on any atom is 0.491 e. The second-order valence-electron chi connectivity index (χ2n) is 8.17. The molecule has 2 saturated heterocycles. The number of nitrogens with zero attached hydrogens (tertiary/aromatic N) is 1. The number of piperazine rings is 1. The zero-order valence-corrected chi connectivity index (χ0v) is 16.8. The van der Waals surface area contributed by atoms with Crippen molar-refractivity contribution in [3.63, 3.8) is 0 Å². The SMILES string of the molecule is CNCC(=Cc1cccc(N2CCNCC2)c1)B1OC(C)(C)C(C)(C)O1. The van der Waals surface area contributed by atoms with Gasteiger partial charge in [0, 0.05) is 38.4 Å². The molecule has 1 aromatic rings. The Hall–Kier alpha value is -1.34. The van der Waals surface area contributed by atoms with Gasteiger partial charge in [0.05, 0.1) is 11.2 Å². The van der Waals surface area contributed by atoms with Crippen molar-refractivity contribution in [2.75, 3.05) is 44.7 Å².